The summed E-state index contributed by atoms with van der Waals surface area (Å²) in [5.74, 6) is -1.22. The molecule has 0 aliphatic carbocycles. The Balaban J connectivity index is 1.61. The second-order valence-corrected chi connectivity index (χ2v) is 9.80. The molecular weight excluding hydrogens is 527 g/mol. The molecule has 1 aromatic carbocycles. The molecule has 3 heterocycles. The number of aliphatic carboxylic acids is 1. The average Bonchev–Trinajstić information content (AvgIpc) is 3.27. The Hall–Kier alpha value is -3.58. The van der Waals surface area contributed by atoms with Crippen molar-refractivity contribution in [3.8, 4) is 11.6 Å². The summed E-state index contributed by atoms with van der Waals surface area (Å²) in [6.07, 6.45) is -4.50. The van der Waals surface area contributed by atoms with Gasteiger partial charge in [0.05, 0.1) is 17.9 Å². The maximum absolute atomic E-state index is 14.3. The number of hydrogen-bond donors (Lipinski definition) is 3. The van der Waals surface area contributed by atoms with Crippen LogP contribution >= 0.6 is 11.6 Å². The first kappa shape index (κ1) is 27.5. The third-order valence-electron chi connectivity index (χ3n) is 6.34. The number of nitrogens with zero attached hydrogens (tertiary/aromatic N) is 5. The number of benzene rings is 1. The van der Waals surface area contributed by atoms with Crippen molar-refractivity contribution in [3.05, 3.63) is 52.8 Å². The van der Waals surface area contributed by atoms with Crippen molar-refractivity contribution in [3.63, 3.8) is 0 Å². The molecule has 4 N–H and O–H groups in total. The predicted molar refractivity (Wildman–Crippen MR) is 135 cm³/mol. The number of piperidine rings is 1. The molecule has 0 bridgehead atoms. The monoisotopic (exact) mass is 553 g/mol. The lowest BCUT2D eigenvalue weighted by Gasteiger charge is -2.40. The van der Waals surface area contributed by atoms with E-state index in [1.807, 2.05) is 11.8 Å². The fourth-order valence-corrected chi connectivity index (χ4v) is 4.43. The molecule has 0 spiro atoms. The van der Waals surface area contributed by atoms with E-state index in [9.17, 15) is 18.0 Å². The van der Waals surface area contributed by atoms with Crippen LogP contribution in [-0.2, 0) is 4.79 Å². The zero-order chi connectivity index (χ0) is 27.7. The lowest BCUT2D eigenvalue weighted by Crippen LogP contribution is -2.52. The number of aromatic nitrogens is 4. The van der Waals surface area contributed by atoms with E-state index in [1.165, 1.54) is 35.1 Å². The van der Waals surface area contributed by atoms with Crippen LogP contribution in [-0.4, -0.2) is 62.2 Å². The van der Waals surface area contributed by atoms with Gasteiger partial charge in [-0.15, -0.1) is 0 Å². The number of carboxylic acid groups (broad SMARTS) is 1. The van der Waals surface area contributed by atoms with Crippen molar-refractivity contribution in [2.24, 2.45) is 0 Å². The van der Waals surface area contributed by atoms with Crippen LogP contribution < -0.4 is 20.7 Å². The van der Waals surface area contributed by atoms with Gasteiger partial charge in [-0.1, -0.05) is 17.7 Å². The van der Waals surface area contributed by atoms with E-state index in [1.54, 1.807) is 13.0 Å². The largest absolute Gasteiger partial charge is 0.480 e. The Morgan fingerprint density at radius 2 is 1.97 bits per heavy atom. The Morgan fingerprint density at radius 1 is 1.26 bits per heavy atom. The maximum Gasteiger partial charge on any atom is 0.429 e. The van der Waals surface area contributed by atoms with Crippen molar-refractivity contribution in [2.75, 3.05) is 30.3 Å². The number of aryl methyl sites for hydroxylation is 1. The number of halogens is 4. The molecule has 4 rings (SSSR count). The number of carbonyl (C=O) groups is 1. The van der Waals surface area contributed by atoms with Crippen LogP contribution in [0, 0.1) is 6.92 Å². The maximum atomic E-state index is 14.3. The number of anilines is 2. The van der Waals surface area contributed by atoms with Crippen LogP contribution in [0.25, 0.3) is 5.69 Å². The van der Waals surface area contributed by atoms with Crippen LogP contribution in [0.4, 0.5) is 24.9 Å². The lowest BCUT2D eigenvalue weighted by molar-refractivity contribution is -0.198. The smallest absolute Gasteiger partial charge is 0.429 e. The summed E-state index contributed by atoms with van der Waals surface area (Å²) in [5.41, 5.74) is 5.97. The zero-order valence-electron chi connectivity index (χ0n) is 20.7. The van der Waals surface area contributed by atoms with E-state index < -0.39 is 23.8 Å². The molecule has 1 aliphatic heterocycles. The standard InChI is InChI=1S/C24H27ClF3N7O3/c1-14-5-8-35(33-14)17-11-15(25)3-4-16(17)21(24(26,27)28)38-19-12-18(31-22(29)32-19)34-9-6-23(2,7-10-34)30-13-20(36)37/h3-5,8,11-12,21,30H,6-7,9-10,13H2,1-2H3,(H,36,37)(H2,29,31,32)/t21-/m1/s1. The van der Waals surface area contributed by atoms with E-state index in [-0.39, 0.29) is 34.6 Å². The van der Waals surface area contributed by atoms with Crippen LogP contribution in [0.5, 0.6) is 5.88 Å². The molecule has 204 valence electrons. The highest BCUT2D eigenvalue weighted by Crippen LogP contribution is 2.40. The minimum absolute atomic E-state index is 0.111. The second kappa shape index (κ2) is 10.7. The molecule has 1 aliphatic rings. The van der Waals surface area contributed by atoms with Crippen molar-refractivity contribution >= 4 is 29.3 Å². The number of nitrogens with one attached hydrogen (secondary N) is 1. The first-order valence-corrected chi connectivity index (χ1v) is 12.1. The van der Waals surface area contributed by atoms with Crippen molar-refractivity contribution < 1.29 is 27.8 Å². The summed E-state index contributed by atoms with van der Waals surface area (Å²) < 4.78 is 49.8. The molecule has 14 heteroatoms. The molecule has 10 nitrogen and oxygen atoms in total. The van der Waals surface area contributed by atoms with Gasteiger partial charge in [0.25, 0.3) is 0 Å². The van der Waals surface area contributed by atoms with Crippen LogP contribution in [0.1, 0.15) is 37.1 Å². The van der Waals surface area contributed by atoms with Crippen molar-refractivity contribution in [1.82, 2.24) is 25.1 Å². The quantitative estimate of drug-likeness (QED) is 0.380. The highest BCUT2D eigenvalue weighted by molar-refractivity contribution is 6.30. The van der Waals surface area contributed by atoms with Crippen molar-refractivity contribution in [1.29, 1.82) is 0 Å². The number of nitrogens with two attached hydrogens (primary N) is 1. The number of ether oxygens (including phenoxy) is 1. The summed E-state index contributed by atoms with van der Waals surface area (Å²) in [5, 5.41) is 16.4. The molecule has 1 atom stereocenters. The van der Waals surface area contributed by atoms with E-state index in [0.717, 1.165) is 0 Å². The molecule has 3 aromatic rings. The summed E-state index contributed by atoms with van der Waals surface area (Å²) in [6, 6.07) is 6.95. The van der Waals surface area contributed by atoms with Gasteiger partial charge < -0.3 is 25.8 Å². The van der Waals surface area contributed by atoms with Gasteiger partial charge in [0, 0.05) is 41.5 Å². The molecule has 0 amide bonds. The number of alkyl halides is 3. The van der Waals surface area contributed by atoms with Gasteiger partial charge in [-0.3, -0.25) is 4.79 Å². The molecule has 0 saturated carbocycles. The lowest BCUT2D eigenvalue weighted by atomic mass is 9.89. The van der Waals surface area contributed by atoms with Gasteiger partial charge in [-0.2, -0.15) is 28.2 Å². The van der Waals surface area contributed by atoms with E-state index >= 15 is 0 Å². The fourth-order valence-electron chi connectivity index (χ4n) is 4.26. The van der Waals surface area contributed by atoms with Gasteiger partial charge in [0.2, 0.25) is 17.9 Å². The highest BCUT2D eigenvalue weighted by Gasteiger charge is 2.45. The Bertz CT molecular complexity index is 1310. The summed E-state index contributed by atoms with van der Waals surface area (Å²) >= 11 is 6.10. The summed E-state index contributed by atoms with van der Waals surface area (Å²) in [7, 11) is 0. The first-order chi connectivity index (χ1) is 17.8. The van der Waals surface area contributed by atoms with Gasteiger partial charge in [0.15, 0.2) is 0 Å². The van der Waals surface area contributed by atoms with E-state index in [0.29, 0.717) is 37.4 Å². The van der Waals surface area contributed by atoms with E-state index in [4.69, 9.17) is 27.2 Å². The van der Waals surface area contributed by atoms with Crippen LogP contribution in [0.3, 0.4) is 0 Å². The van der Waals surface area contributed by atoms with Crippen LogP contribution in [0.2, 0.25) is 5.02 Å². The zero-order valence-corrected chi connectivity index (χ0v) is 21.4. The SMILES string of the molecule is Cc1ccn(-c2cc(Cl)ccc2[C@@H](Oc2cc(N3CCC(C)(NCC(=O)O)CC3)nc(N)n2)C(F)(F)F)n1. The Labute approximate surface area is 221 Å². The van der Waals surface area contributed by atoms with Gasteiger partial charge in [-0.25, -0.2) is 4.68 Å². The molecule has 1 fully saturated rings. The Kier molecular flexibility index (Phi) is 7.70. The third kappa shape index (κ3) is 6.45. The minimum atomic E-state index is -4.81. The predicted octanol–water partition coefficient (Wildman–Crippen LogP) is 3.92. The normalized spacial score (nSPS) is 16.3. The van der Waals surface area contributed by atoms with E-state index in [2.05, 4.69) is 20.4 Å². The minimum Gasteiger partial charge on any atom is -0.480 e. The Morgan fingerprint density at radius 3 is 2.58 bits per heavy atom. The topological polar surface area (TPSA) is 131 Å². The second-order valence-electron chi connectivity index (χ2n) is 9.36. The molecule has 0 radical (unpaired) electrons. The molecular formula is C24H27ClF3N7O3. The average molecular weight is 554 g/mol. The first-order valence-electron chi connectivity index (χ1n) is 11.7. The van der Waals surface area contributed by atoms with Crippen molar-refractivity contribution in [2.45, 2.75) is 44.5 Å². The van der Waals surface area contributed by atoms with Gasteiger partial charge in [0.1, 0.15) is 5.82 Å². The summed E-state index contributed by atoms with van der Waals surface area (Å²) in [6.45, 7) is 4.42. The molecule has 2 aromatic heterocycles. The third-order valence-corrected chi connectivity index (χ3v) is 6.58. The van der Waals surface area contributed by atoms with Gasteiger partial charge >= 0.3 is 12.1 Å². The summed E-state index contributed by atoms with van der Waals surface area (Å²) in [4.78, 5) is 20.8. The fraction of sp³-hybridized carbons (Fsp3) is 0.417. The highest BCUT2D eigenvalue weighted by atomic mass is 35.5. The molecule has 38 heavy (non-hydrogen) atoms. The number of hydrogen-bond acceptors (Lipinski definition) is 8. The number of carboxylic acids is 1. The van der Waals surface area contributed by atoms with Crippen LogP contribution in [0.15, 0.2) is 36.5 Å². The molecule has 0 unspecified atom stereocenters. The number of rotatable bonds is 8. The van der Waals surface area contributed by atoms with Gasteiger partial charge in [-0.05, 0) is 44.9 Å². The molecule has 1 saturated heterocycles. The number of nitrogen functional groups attached to an aromatic ring is 1.